The molecule has 1 saturated carbocycles. The minimum absolute atomic E-state index is 0.00492. The van der Waals surface area contributed by atoms with Crippen molar-refractivity contribution in [3.63, 3.8) is 0 Å². The maximum atomic E-state index is 12.7. The zero-order valence-corrected chi connectivity index (χ0v) is 17.2. The lowest BCUT2D eigenvalue weighted by Crippen LogP contribution is -2.35. The van der Waals surface area contributed by atoms with E-state index in [-0.39, 0.29) is 11.3 Å². The number of likely N-dealkylation sites (tertiary alicyclic amines) is 1. The first kappa shape index (κ1) is 23.6. The van der Waals surface area contributed by atoms with Gasteiger partial charge in [-0.05, 0) is 42.5 Å². The van der Waals surface area contributed by atoms with Gasteiger partial charge in [0.15, 0.2) is 0 Å². The molecule has 32 heavy (non-hydrogen) atoms. The molecule has 0 radical (unpaired) electrons. The van der Waals surface area contributed by atoms with Crippen molar-refractivity contribution in [2.24, 2.45) is 11.3 Å². The highest BCUT2D eigenvalue weighted by Crippen LogP contribution is 2.49. The van der Waals surface area contributed by atoms with Gasteiger partial charge in [-0.15, -0.1) is 0 Å². The lowest BCUT2D eigenvalue weighted by molar-refractivity contribution is -0.192. The zero-order valence-electron chi connectivity index (χ0n) is 17.2. The van der Waals surface area contributed by atoms with Crippen LogP contribution in [0.2, 0.25) is 0 Å². The quantitative estimate of drug-likeness (QED) is 0.744. The molecule has 1 amide bonds. The second-order valence-corrected chi connectivity index (χ2v) is 7.88. The number of carboxylic acid groups (broad SMARTS) is 1. The predicted molar refractivity (Wildman–Crippen MR) is 105 cm³/mol. The predicted octanol–water partition coefficient (Wildman–Crippen LogP) is 2.96. The van der Waals surface area contributed by atoms with Crippen molar-refractivity contribution >= 4 is 11.9 Å². The summed E-state index contributed by atoms with van der Waals surface area (Å²) >= 11 is 0. The number of fused-ring (bicyclic) bond motifs is 1. The van der Waals surface area contributed by atoms with Gasteiger partial charge in [-0.2, -0.15) is 13.2 Å². The molecule has 11 heteroatoms. The van der Waals surface area contributed by atoms with Gasteiger partial charge in [0.1, 0.15) is 12.0 Å². The topological polar surface area (TPSA) is 106 Å². The standard InChI is InChI=1S/C19H22N4O2.C2HF3O2/c24-18(17-5-9-21-14-22-17)23-10-16-2-1-6-19(16,12-23)13-25-11-15-3-7-20-8-4-15;3-2(4,5)1(6)7/h3-5,7-9,14,16H,1-2,6,10-13H2;(H,6,7)/t16-,19+;/m1./s1. The fourth-order valence-corrected chi connectivity index (χ4v) is 4.24. The van der Waals surface area contributed by atoms with E-state index in [1.54, 1.807) is 24.7 Å². The maximum absolute atomic E-state index is 12.7. The number of aliphatic carboxylic acids is 1. The molecule has 4 rings (SSSR count). The van der Waals surface area contributed by atoms with Crippen LogP contribution in [-0.4, -0.2) is 62.7 Å². The second kappa shape index (κ2) is 10.0. The van der Waals surface area contributed by atoms with Crippen molar-refractivity contribution < 1.29 is 32.6 Å². The van der Waals surface area contributed by atoms with Gasteiger partial charge in [0, 0.05) is 37.1 Å². The molecule has 172 valence electrons. The van der Waals surface area contributed by atoms with Crippen LogP contribution in [0.3, 0.4) is 0 Å². The molecule has 1 aliphatic heterocycles. The van der Waals surface area contributed by atoms with Crippen molar-refractivity contribution in [1.29, 1.82) is 0 Å². The number of nitrogens with zero attached hydrogens (tertiary/aromatic N) is 4. The van der Waals surface area contributed by atoms with Gasteiger partial charge < -0.3 is 14.7 Å². The average Bonchev–Trinajstić information content (AvgIpc) is 3.32. The van der Waals surface area contributed by atoms with Crippen LogP contribution in [0, 0.1) is 11.3 Å². The van der Waals surface area contributed by atoms with Crippen LogP contribution < -0.4 is 0 Å². The van der Waals surface area contributed by atoms with E-state index >= 15 is 0 Å². The third kappa shape index (κ3) is 5.78. The first-order valence-corrected chi connectivity index (χ1v) is 10.0. The van der Waals surface area contributed by atoms with Crippen molar-refractivity contribution in [2.45, 2.75) is 32.0 Å². The summed E-state index contributed by atoms with van der Waals surface area (Å²) in [6.45, 7) is 2.86. The van der Waals surface area contributed by atoms with Gasteiger partial charge in [0.25, 0.3) is 5.91 Å². The summed E-state index contributed by atoms with van der Waals surface area (Å²) in [5.74, 6) is -2.23. The Balaban J connectivity index is 0.000000360. The summed E-state index contributed by atoms with van der Waals surface area (Å²) in [5, 5.41) is 7.12. The van der Waals surface area contributed by atoms with E-state index < -0.39 is 12.1 Å². The molecule has 3 heterocycles. The van der Waals surface area contributed by atoms with E-state index in [1.807, 2.05) is 17.0 Å². The average molecular weight is 452 g/mol. The third-order valence-corrected chi connectivity index (χ3v) is 5.78. The van der Waals surface area contributed by atoms with E-state index in [2.05, 4.69) is 15.0 Å². The van der Waals surface area contributed by atoms with Crippen molar-refractivity contribution in [3.8, 4) is 0 Å². The number of carboxylic acids is 1. The number of rotatable bonds is 5. The number of carbonyl (C=O) groups excluding carboxylic acids is 1. The Hall–Kier alpha value is -3.08. The molecule has 2 atom stereocenters. The molecular formula is C21H23F3N4O4. The van der Waals surface area contributed by atoms with Crippen LogP contribution in [0.5, 0.6) is 0 Å². The molecule has 1 N–H and O–H groups in total. The Morgan fingerprint density at radius 1 is 1.19 bits per heavy atom. The molecule has 2 aromatic heterocycles. The molecule has 0 bridgehead atoms. The van der Waals surface area contributed by atoms with Gasteiger partial charge >= 0.3 is 12.1 Å². The Bertz CT molecular complexity index is 914. The maximum Gasteiger partial charge on any atom is 0.490 e. The Morgan fingerprint density at radius 3 is 2.50 bits per heavy atom. The number of halogens is 3. The molecule has 8 nitrogen and oxygen atoms in total. The number of ether oxygens (including phenoxy) is 1. The van der Waals surface area contributed by atoms with E-state index in [4.69, 9.17) is 14.6 Å². The third-order valence-electron chi connectivity index (χ3n) is 5.78. The van der Waals surface area contributed by atoms with Gasteiger partial charge in [0.05, 0.1) is 13.2 Å². The Kier molecular flexibility index (Phi) is 7.39. The number of hydrogen-bond donors (Lipinski definition) is 1. The van der Waals surface area contributed by atoms with Crippen molar-refractivity contribution in [3.05, 3.63) is 54.4 Å². The molecular weight excluding hydrogens is 429 g/mol. The monoisotopic (exact) mass is 452 g/mol. The smallest absolute Gasteiger partial charge is 0.475 e. The SMILES string of the molecule is O=C(O)C(F)(F)F.O=C(c1ccncn1)N1C[C@H]2CCC[C@@]2(COCc2ccncc2)C1. The fourth-order valence-electron chi connectivity index (χ4n) is 4.24. The van der Waals surface area contributed by atoms with Crippen LogP contribution in [0.4, 0.5) is 13.2 Å². The molecule has 0 spiro atoms. The van der Waals surface area contributed by atoms with Crippen molar-refractivity contribution in [1.82, 2.24) is 19.9 Å². The summed E-state index contributed by atoms with van der Waals surface area (Å²) < 4.78 is 37.8. The van der Waals surface area contributed by atoms with Gasteiger partial charge in [0.2, 0.25) is 0 Å². The number of alkyl halides is 3. The summed E-state index contributed by atoms with van der Waals surface area (Å²) in [4.78, 5) is 35.6. The number of hydrogen-bond acceptors (Lipinski definition) is 6. The molecule has 2 aromatic rings. The van der Waals surface area contributed by atoms with Crippen LogP contribution in [0.15, 0.2) is 43.1 Å². The molecule has 0 unspecified atom stereocenters. The van der Waals surface area contributed by atoms with Gasteiger partial charge in [-0.1, -0.05) is 6.42 Å². The molecule has 2 fully saturated rings. The van der Waals surface area contributed by atoms with E-state index in [0.29, 0.717) is 24.8 Å². The lowest BCUT2D eigenvalue weighted by Gasteiger charge is -2.28. The molecule has 1 aliphatic carbocycles. The zero-order chi connectivity index (χ0) is 23.2. The van der Waals surface area contributed by atoms with E-state index in [1.165, 1.54) is 19.2 Å². The number of aromatic nitrogens is 3. The van der Waals surface area contributed by atoms with Crippen molar-refractivity contribution in [2.75, 3.05) is 19.7 Å². The van der Waals surface area contributed by atoms with Crippen LogP contribution in [0.25, 0.3) is 0 Å². The number of pyridine rings is 1. The summed E-state index contributed by atoms with van der Waals surface area (Å²) in [7, 11) is 0. The largest absolute Gasteiger partial charge is 0.490 e. The van der Waals surface area contributed by atoms with Crippen LogP contribution >= 0.6 is 0 Å². The lowest BCUT2D eigenvalue weighted by atomic mass is 9.81. The highest BCUT2D eigenvalue weighted by Gasteiger charge is 2.50. The molecule has 2 aliphatic rings. The van der Waals surface area contributed by atoms with E-state index in [0.717, 1.165) is 25.1 Å². The fraction of sp³-hybridized carbons (Fsp3) is 0.476. The minimum Gasteiger partial charge on any atom is -0.475 e. The Labute approximate surface area is 182 Å². The van der Waals surface area contributed by atoms with Crippen LogP contribution in [-0.2, 0) is 16.1 Å². The number of carbonyl (C=O) groups is 2. The minimum atomic E-state index is -5.08. The summed E-state index contributed by atoms with van der Waals surface area (Å²) in [6, 6.07) is 5.63. The molecule has 1 saturated heterocycles. The highest BCUT2D eigenvalue weighted by molar-refractivity contribution is 5.92. The summed E-state index contributed by atoms with van der Waals surface area (Å²) in [6.07, 6.45) is 5.05. The highest BCUT2D eigenvalue weighted by atomic mass is 19.4. The normalized spacial score (nSPS) is 22.1. The first-order chi connectivity index (χ1) is 15.2. The van der Waals surface area contributed by atoms with E-state index in [9.17, 15) is 18.0 Å². The molecule has 0 aromatic carbocycles. The van der Waals surface area contributed by atoms with Gasteiger partial charge in [-0.25, -0.2) is 14.8 Å². The Morgan fingerprint density at radius 2 is 1.88 bits per heavy atom. The first-order valence-electron chi connectivity index (χ1n) is 10.0. The van der Waals surface area contributed by atoms with Crippen LogP contribution in [0.1, 0.15) is 35.3 Å². The second-order valence-electron chi connectivity index (χ2n) is 7.88. The summed E-state index contributed by atoms with van der Waals surface area (Å²) in [5.41, 5.74) is 1.70. The van der Waals surface area contributed by atoms with Gasteiger partial charge in [-0.3, -0.25) is 9.78 Å². The number of amides is 1.